The Morgan fingerprint density at radius 2 is 1.96 bits per heavy atom. The van der Waals surface area contributed by atoms with Crippen molar-refractivity contribution in [2.75, 3.05) is 4.90 Å². The molecule has 0 spiro atoms. The third-order valence-corrected chi connectivity index (χ3v) is 4.90. The Hall–Kier alpha value is -3.06. The number of rotatable bonds is 4. The van der Waals surface area contributed by atoms with Gasteiger partial charge in [0.05, 0.1) is 22.5 Å². The summed E-state index contributed by atoms with van der Waals surface area (Å²) in [6.45, 7) is 0.352. The molecule has 0 radical (unpaired) electrons. The maximum absolute atomic E-state index is 13.1. The van der Waals surface area contributed by atoms with E-state index in [0.29, 0.717) is 17.4 Å². The third-order valence-electron chi connectivity index (χ3n) is 3.84. The lowest BCUT2D eigenvalue weighted by Crippen LogP contribution is -2.32. The van der Waals surface area contributed by atoms with Gasteiger partial charge in [-0.3, -0.25) is 19.4 Å². The number of amides is 1. The molecule has 0 fully saturated rings. The molecular formula is C18H15N5OS. The zero-order chi connectivity index (χ0) is 17.2. The minimum absolute atomic E-state index is 0.148. The van der Waals surface area contributed by atoms with E-state index in [2.05, 4.69) is 15.1 Å². The van der Waals surface area contributed by atoms with Crippen molar-refractivity contribution < 1.29 is 4.79 Å². The molecular weight excluding hydrogens is 334 g/mol. The number of anilines is 1. The number of nitrogens with zero attached hydrogens (tertiary/aromatic N) is 5. The zero-order valence-corrected chi connectivity index (χ0v) is 14.3. The second kappa shape index (κ2) is 6.45. The van der Waals surface area contributed by atoms with Crippen molar-refractivity contribution in [1.82, 2.24) is 19.7 Å². The van der Waals surface area contributed by atoms with Crippen molar-refractivity contribution in [3.05, 3.63) is 72.3 Å². The average Bonchev–Trinajstić information content (AvgIpc) is 3.25. The van der Waals surface area contributed by atoms with Gasteiger partial charge in [0.15, 0.2) is 5.13 Å². The molecule has 0 unspecified atom stereocenters. The van der Waals surface area contributed by atoms with Crippen LogP contribution >= 0.6 is 11.3 Å². The van der Waals surface area contributed by atoms with Crippen molar-refractivity contribution in [3.8, 4) is 0 Å². The average molecular weight is 349 g/mol. The normalized spacial score (nSPS) is 10.9. The summed E-state index contributed by atoms with van der Waals surface area (Å²) < 4.78 is 2.61. The van der Waals surface area contributed by atoms with Crippen LogP contribution in [-0.4, -0.2) is 25.7 Å². The Kier molecular flexibility index (Phi) is 3.99. The number of benzene rings is 1. The van der Waals surface area contributed by atoms with Gasteiger partial charge in [0.1, 0.15) is 5.69 Å². The first-order valence-corrected chi connectivity index (χ1v) is 8.59. The van der Waals surface area contributed by atoms with Crippen LogP contribution in [0.3, 0.4) is 0 Å². The van der Waals surface area contributed by atoms with Gasteiger partial charge in [-0.05, 0) is 30.3 Å². The van der Waals surface area contributed by atoms with Gasteiger partial charge in [-0.2, -0.15) is 5.10 Å². The molecule has 4 rings (SSSR count). The lowest BCUT2D eigenvalue weighted by Gasteiger charge is -2.19. The van der Waals surface area contributed by atoms with Crippen LogP contribution in [-0.2, 0) is 13.6 Å². The van der Waals surface area contributed by atoms with E-state index >= 15 is 0 Å². The molecule has 0 bridgehead atoms. The highest BCUT2D eigenvalue weighted by molar-refractivity contribution is 7.22. The zero-order valence-electron chi connectivity index (χ0n) is 13.5. The summed E-state index contributed by atoms with van der Waals surface area (Å²) >= 11 is 1.49. The van der Waals surface area contributed by atoms with E-state index in [1.54, 1.807) is 35.1 Å². The van der Waals surface area contributed by atoms with Crippen LogP contribution in [0.5, 0.6) is 0 Å². The fourth-order valence-corrected chi connectivity index (χ4v) is 3.54. The fourth-order valence-electron chi connectivity index (χ4n) is 2.58. The predicted octanol–water partition coefficient (Wildman–Crippen LogP) is 3.27. The molecule has 0 N–H and O–H groups in total. The van der Waals surface area contributed by atoms with E-state index in [9.17, 15) is 4.79 Å². The molecule has 25 heavy (non-hydrogen) atoms. The number of carbonyl (C=O) groups is 1. The van der Waals surface area contributed by atoms with E-state index in [1.165, 1.54) is 11.3 Å². The lowest BCUT2D eigenvalue weighted by atomic mass is 10.3. The fraction of sp³-hybridized carbons (Fsp3) is 0.111. The Bertz CT molecular complexity index is 991. The van der Waals surface area contributed by atoms with Crippen molar-refractivity contribution in [2.24, 2.45) is 7.05 Å². The number of hydrogen-bond donors (Lipinski definition) is 0. The molecule has 4 aromatic rings. The van der Waals surface area contributed by atoms with Crippen LogP contribution in [0, 0.1) is 0 Å². The highest BCUT2D eigenvalue weighted by atomic mass is 32.1. The second-order valence-electron chi connectivity index (χ2n) is 5.52. The number of para-hydroxylation sites is 1. The quantitative estimate of drug-likeness (QED) is 0.567. The molecule has 1 aromatic carbocycles. The molecule has 0 saturated carbocycles. The number of thiazole rings is 1. The molecule has 0 atom stereocenters. The highest BCUT2D eigenvalue weighted by Crippen LogP contribution is 2.30. The number of aromatic nitrogens is 4. The van der Waals surface area contributed by atoms with Crippen molar-refractivity contribution >= 4 is 32.6 Å². The van der Waals surface area contributed by atoms with Gasteiger partial charge in [-0.15, -0.1) is 0 Å². The van der Waals surface area contributed by atoms with E-state index in [1.807, 2.05) is 42.5 Å². The van der Waals surface area contributed by atoms with Crippen molar-refractivity contribution in [3.63, 3.8) is 0 Å². The summed E-state index contributed by atoms with van der Waals surface area (Å²) in [4.78, 5) is 23.7. The molecule has 6 nitrogen and oxygen atoms in total. The summed E-state index contributed by atoms with van der Waals surface area (Å²) in [5.74, 6) is -0.148. The Labute approximate surface area is 148 Å². The number of aryl methyl sites for hydroxylation is 1. The van der Waals surface area contributed by atoms with Crippen LogP contribution in [0.1, 0.15) is 16.2 Å². The van der Waals surface area contributed by atoms with Crippen molar-refractivity contribution in [2.45, 2.75) is 6.54 Å². The van der Waals surface area contributed by atoms with Crippen LogP contribution in [0.25, 0.3) is 10.2 Å². The van der Waals surface area contributed by atoms with Gasteiger partial charge in [-0.1, -0.05) is 29.5 Å². The number of pyridine rings is 1. The van der Waals surface area contributed by atoms with Gasteiger partial charge in [-0.25, -0.2) is 4.98 Å². The van der Waals surface area contributed by atoms with E-state index in [0.717, 1.165) is 15.9 Å². The number of hydrogen-bond acceptors (Lipinski definition) is 5. The summed E-state index contributed by atoms with van der Waals surface area (Å²) in [6.07, 6.45) is 3.34. The summed E-state index contributed by atoms with van der Waals surface area (Å²) in [5.41, 5.74) is 2.19. The van der Waals surface area contributed by atoms with Gasteiger partial charge in [0, 0.05) is 19.4 Å². The van der Waals surface area contributed by atoms with Crippen LogP contribution in [0.2, 0.25) is 0 Å². The van der Waals surface area contributed by atoms with Crippen LogP contribution < -0.4 is 4.90 Å². The van der Waals surface area contributed by atoms with E-state index < -0.39 is 0 Å². The highest BCUT2D eigenvalue weighted by Gasteiger charge is 2.24. The van der Waals surface area contributed by atoms with Gasteiger partial charge in [0.2, 0.25) is 0 Å². The summed E-state index contributed by atoms with van der Waals surface area (Å²) in [7, 11) is 1.75. The monoisotopic (exact) mass is 349 g/mol. The topological polar surface area (TPSA) is 63.9 Å². The molecule has 0 aliphatic carbocycles. The van der Waals surface area contributed by atoms with E-state index in [4.69, 9.17) is 0 Å². The number of carbonyl (C=O) groups excluding carboxylic acids is 1. The van der Waals surface area contributed by atoms with E-state index in [-0.39, 0.29) is 5.91 Å². The standard InChI is InChI=1S/C18H15N5OS/c1-22-15(9-11-20-22)17(24)23(12-13-6-4-5-10-19-13)18-21-14-7-2-3-8-16(14)25-18/h2-11H,12H2,1H3. The molecule has 3 aromatic heterocycles. The van der Waals surface area contributed by atoms with Gasteiger partial charge in [0.25, 0.3) is 5.91 Å². The molecule has 7 heteroatoms. The Balaban J connectivity index is 1.77. The molecule has 124 valence electrons. The molecule has 0 aliphatic heterocycles. The third kappa shape index (κ3) is 3.01. The van der Waals surface area contributed by atoms with Crippen LogP contribution in [0.15, 0.2) is 60.9 Å². The first-order valence-electron chi connectivity index (χ1n) is 7.78. The SMILES string of the molecule is Cn1nccc1C(=O)N(Cc1ccccn1)c1nc2ccccc2s1. The van der Waals surface area contributed by atoms with Gasteiger partial charge < -0.3 is 0 Å². The maximum atomic E-state index is 13.1. The summed E-state index contributed by atoms with van der Waals surface area (Å²) in [6, 6.07) is 15.2. The van der Waals surface area contributed by atoms with Crippen LogP contribution in [0.4, 0.5) is 5.13 Å². The largest absolute Gasteiger partial charge is 0.278 e. The van der Waals surface area contributed by atoms with Gasteiger partial charge >= 0.3 is 0 Å². The molecule has 0 saturated heterocycles. The maximum Gasteiger partial charge on any atom is 0.278 e. The Morgan fingerprint density at radius 1 is 1.12 bits per heavy atom. The minimum atomic E-state index is -0.148. The minimum Gasteiger partial charge on any atom is -0.277 e. The first kappa shape index (κ1) is 15.5. The first-order chi connectivity index (χ1) is 12.2. The number of fused-ring (bicyclic) bond motifs is 1. The summed E-state index contributed by atoms with van der Waals surface area (Å²) in [5, 5.41) is 4.75. The predicted molar refractivity (Wildman–Crippen MR) is 97.6 cm³/mol. The molecule has 1 amide bonds. The second-order valence-corrected chi connectivity index (χ2v) is 6.53. The molecule has 3 heterocycles. The Morgan fingerprint density at radius 3 is 2.68 bits per heavy atom. The smallest absolute Gasteiger partial charge is 0.277 e. The molecule has 0 aliphatic rings. The van der Waals surface area contributed by atoms with Crippen molar-refractivity contribution in [1.29, 1.82) is 0 Å². The lowest BCUT2D eigenvalue weighted by molar-refractivity contribution is 0.0975.